The minimum Gasteiger partial charge on any atom is -0.481 e. The molecule has 1 heterocycles. The zero-order valence-corrected chi connectivity index (χ0v) is 14.4. The van der Waals surface area contributed by atoms with Gasteiger partial charge < -0.3 is 9.52 Å². The number of carbonyl (C=O) groups is 1. The topological polar surface area (TPSA) is 50.4 Å². The number of furan rings is 1. The van der Waals surface area contributed by atoms with Crippen LogP contribution in [0.5, 0.6) is 0 Å². The molecular weight excluding hydrogens is 276 g/mol. The molecular formula is C19H30O3. The zero-order chi connectivity index (χ0) is 16.5. The van der Waals surface area contributed by atoms with E-state index in [2.05, 4.69) is 32.9 Å². The first-order valence-electron chi connectivity index (χ1n) is 8.48. The molecule has 0 aliphatic carbocycles. The second-order valence-corrected chi connectivity index (χ2v) is 6.13. The summed E-state index contributed by atoms with van der Waals surface area (Å²) in [5.74, 6) is 1.86. The summed E-state index contributed by atoms with van der Waals surface area (Å²) in [5, 5.41) is 8.94. The van der Waals surface area contributed by atoms with Crippen LogP contribution in [0.1, 0.15) is 64.0 Å². The van der Waals surface area contributed by atoms with E-state index in [1.165, 1.54) is 0 Å². The highest BCUT2D eigenvalue weighted by Gasteiger charge is 2.16. The van der Waals surface area contributed by atoms with Gasteiger partial charge in [0.05, 0.1) is 0 Å². The normalized spacial score (nSPS) is 14.4. The summed E-state index contributed by atoms with van der Waals surface area (Å²) in [7, 11) is 0. The van der Waals surface area contributed by atoms with Crippen LogP contribution in [-0.2, 0) is 24.1 Å². The molecule has 0 amide bonds. The number of aryl methyl sites for hydroxylation is 1. The average molecular weight is 306 g/mol. The quantitative estimate of drug-likeness (QED) is 0.617. The van der Waals surface area contributed by atoms with E-state index in [9.17, 15) is 4.79 Å². The minimum absolute atomic E-state index is 0.0195. The second-order valence-electron chi connectivity index (χ2n) is 6.13. The number of carboxylic acids is 1. The lowest BCUT2D eigenvalue weighted by atomic mass is 9.90. The maximum atomic E-state index is 10.9. The van der Waals surface area contributed by atoms with Crippen molar-refractivity contribution in [3.63, 3.8) is 0 Å². The lowest BCUT2D eigenvalue weighted by Crippen LogP contribution is -2.06. The van der Waals surface area contributed by atoms with Crippen LogP contribution >= 0.6 is 0 Å². The summed E-state index contributed by atoms with van der Waals surface area (Å²) in [6, 6.07) is 2.04. The Morgan fingerprint density at radius 1 is 1.36 bits per heavy atom. The molecule has 0 fully saturated rings. The molecule has 3 heteroatoms. The fraction of sp³-hybridized carbons (Fsp3) is 0.632. The largest absolute Gasteiger partial charge is 0.481 e. The summed E-state index contributed by atoms with van der Waals surface area (Å²) in [5.41, 5.74) is 1.03. The number of hydrogen-bond acceptors (Lipinski definition) is 2. The van der Waals surface area contributed by atoms with Gasteiger partial charge in [-0.2, -0.15) is 0 Å². The lowest BCUT2D eigenvalue weighted by molar-refractivity contribution is -0.136. The number of hydrogen-bond donors (Lipinski definition) is 1. The number of rotatable bonds is 10. The van der Waals surface area contributed by atoms with Gasteiger partial charge in [0, 0.05) is 6.42 Å². The summed E-state index contributed by atoms with van der Waals surface area (Å²) in [4.78, 5) is 10.9. The van der Waals surface area contributed by atoms with Crippen molar-refractivity contribution < 1.29 is 14.3 Å². The number of aliphatic carboxylic acids is 1. The maximum absolute atomic E-state index is 10.9. The van der Waals surface area contributed by atoms with Crippen molar-refractivity contribution in [2.45, 2.75) is 66.2 Å². The van der Waals surface area contributed by atoms with Gasteiger partial charge in [-0.05, 0) is 49.1 Å². The van der Waals surface area contributed by atoms with E-state index in [0.717, 1.165) is 43.4 Å². The first kappa shape index (κ1) is 18.5. The van der Waals surface area contributed by atoms with E-state index < -0.39 is 5.97 Å². The van der Waals surface area contributed by atoms with Gasteiger partial charge in [0.1, 0.15) is 17.9 Å². The van der Waals surface area contributed by atoms with Crippen LogP contribution < -0.4 is 0 Å². The van der Waals surface area contributed by atoms with Gasteiger partial charge in [0.2, 0.25) is 0 Å². The Morgan fingerprint density at radius 3 is 2.64 bits per heavy atom. The number of carboxylic acid groups (broad SMARTS) is 1. The maximum Gasteiger partial charge on any atom is 0.311 e. The molecule has 1 rings (SSSR count). The smallest absolute Gasteiger partial charge is 0.311 e. The molecule has 0 bridgehead atoms. The molecule has 1 N–H and O–H groups in total. The van der Waals surface area contributed by atoms with E-state index in [4.69, 9.17) is 9.52 Å². The van der Waals surface area contributed by atoms with Crippen LogP contribution in [0.3, 0.4) is 0 Å². The van der Waals surface area contributed by atoms with E-state index in [0.29, 0.717) is 17.6 Å². The van der Waals surface area contributed by atoms with E-state index >= 15 is 0 Å². The third-order valence-electron chi connectivity index (χ3n) is 4.06. The van der Waals surface area contributed by atoms with Crippen LogP contribution in [0.15, 0.2) is 22.6 Å². The highest BCUT2D eigenvalue weighted by molar-refractivity contribution is 5.69. The Labute approximate surface area is 134 Å². The Morgan fingerprint density at radius 2 is 2.09 bits per heavy atom. The molecule has 0 spiro atoms. The van der Waals surface area contributed by atoms with E-state index in [1.54, 1.807) is 0 Å². The van der Waals surface area contributed by atoms with Gasteiger partial charge >= 0.3 is 5.97 Å². The third-order valence-corrected chi connectivity index (χ3v) is 4.06. The highest BCUT2D eigenvalue weighted by atomic mass is 16.4. The van der Waals surface area contributed by atoms with Crippen molar-refractivity contribution in [2.24, 2.45) is 11.8 Å². The summed E-state index contributed by atoms with van der Waals surface area (Å²) < 4.78 is 5.78. The molecule has 124 valence electrons. The Kier molecular flexibility index (Phi) is 8.00. The van der Waals surface area contributed by atoms with Gasteiger partial charge in [-0.3, -0.25) is 4.79 Å². The molecule has 1 aromatic rings. The summed E-state index contributed by atoms with van der Waals surface area (Å²) in [6.07, 6.45) is 9.63. The van der Waals surface area contributed by atoms with Crippen molar-refractivity contribution >= 4 is 5.97 Å². The van der Waals surface area contributed by atoms with Crippen LogP contribution in [0.4, 0.5) is 0 Å². The first-order valence-corrected chi connectivity index (χ1v) is 8.48. The Bertz CT molecular complexity index is 485. The molecule has 0 aliphatic rings. The molecule has 2 atom stereocenters. The van der Waals surface area contributed by atoms with Crippen LogP contribution in [0, 0.1) is 11.8 Å². The monoisotopic (exact) mass is 306 g/mol. The predicted molar refractivity (Wildman–Crippen MR) is 90.1 cm³/mol. The van der Waals surface area contributed by atoms with Crippen molar-refractivity contribution in [2.75, 3.05) is 0 Å². The molecule has 0 radical (unpaired) electrons. The van der Waals surface area contributed by atoms with Gasteiger partial charge in [-0.25, -0.2) is 0 Å². The molecule has 0 aliphatic heterocycles. The van der Waals surface area contributed by atoms with E-state index in [1.807, 2.05) is 13.0 Å². The molecule has 22 heavy (non-hydrogen) atoms. The molecule has 2 unspecified atom stereocenters. The van der Waals surface area contributed by atoms with Gasteiger partial charge in [-0.1, -0.05) is 39.8 Å². The predicted octanol–water partition coefficient (Wildman–Crippen LogP) is 5.03. The van der Waals surface area contributed by atoms with Gasteiger partial charge in [-0.15, -0.1) is 0 Å². The van der Waals surface area contributed by atoms with Crippen molar-refractivity contribution in [1.82, 2.24) is 0 Å². The van der Waals surface area contributed by atoms with Gasteiger partial charge in [0.25, 0.3) is 0 Å². The fourth-order valence-electron chi connectivity index (χ4n) is 2.87. The molecule has 1 aromatic heterocycles. The molecule has 0 aromatic carbocycles. The fourth-order valence-corrected chi connectivity index (χ4v) is 2.87. The molecule has 0 saturated carbocycles. The van der Waals surface area contributed by atoms with Crippen molar-refractivity contribution in [3.05, 3.63) is 35.3 Å². The van der Waals surface area contributed by atoms with Crippen LogP contribution in [0.2, 0.25) is 0 Å². The Balaban J connectivity index is 2.67. The second kappa shape index (κ2) is 9.50. The Hall–Kier alpha value is -1.51. The zero-order valence-electron chi connectivity index (χ0n) is 14.4. The van der Waals surface area contributed by atoms with Crippen molar-refractivity contribution in [3.8, 4) is 0 Å². The summed E-state index contributed by atoms with van der Waals surface area (Å²) in [6.45, 7) is 8.66. The van der Waals surface area contributed by atoms with Crippen LogP contribution in [0.25, 0.3) is 0 Å². The molecule has 0 saturated heterocycles. The van der Waals surface area contributed by atoms with Gasteiger partial charge in [0.15, 0.2) is 0 Å². The standard InChI is InChI=1S/C19H30O3/c1-5-8-9-15(6-2)10-14(4)11-17-12-16(7-3)18(22-17)13-19(20)21/h8-9,12,14-15H,5-7,10-11,13H2,1-4H3,(H,20,21)/b9-8+. The first-order chi connectivity index (χ1) is 10.5. The number of allylic oxidation sites excluding steroid dienone is 2. The summed E-state index contributed by atoms with van der Waals surface area (Å²) >= 11 is 0. The minimum atomic E-state index is -0.834. The van der Waals surface area contributed by atoms with E-state index in [-0.39, 0.29) is 6.42 Å². The van der Waals surface area contributed by atoms with Crippen LogP contribution in [-0.4, -0.2) is 11.1 Å². The third kappa shape index (κ3) is 6.08. The SMILES string of the molecule is CC/C=C/C(CC)CC(C)Cc1cc(CC)c(CC(=O)O)o1. The average Bonchev–Trinajstić information content (AvgIpc) is 2.83. The van der Waals surface area contributed by atoms with Crippen molar-refractivity contribution in [1.29, 1.82) is 0 Å². The molecule has 3 nitrogen and oxygen atoms in total. The lowest BCUT2D eigenvalue weighted by Gasteiger charge is -2.15. The highest BCUT2D eigenvalue weighted by Crippen LogP contribution is 2.24.